The van der Waals surface area contributed by atoms with Gasteiger partial charge in [-0.05, 0) is 29.0 Å². The van der Waals surface area contributed by atoms with Gasteiger partial charge in [-0.1, -0.05) is 32.0 Å². The van der Waals surface area contributed by atoms with E-state index in [1.807, 2.05) is 25.3 Å². The molecule has 2 rings (SSSR count). The van der Waals surface area contributed by atoms with Crippen molar-refractivity contribution in [3.63, 3.8) is 0 Å². The lowest BCUT2D eigenvalue weighted by atomic mass is 10.0. The van der Waals surface area contributed by atoms with Gasteiger partial charge in [0.25, 0.3) is 5.91 Å². The van der Waals surface area contributed by atoms with Crippen molar-refractivity contribution in [3.05, 3.63) is 57.5 Å². The zero-order valence-electron chi connectivity index (χ0n) is 12.0. The fraction of sp³-hybridized carbons (Fsp3) is 0.312. The first-order valence-corrected chi connectivity index (χ1v) is 7.66. The molecule has 21 heavy (non-hydrogen) atoms. The van der Waals surface area contributed by atoms with Crippen LogP contribution in [0.2, 0.25) is 0 Å². The molecule has 0 aliphatic heterocycles. The first-order valence-electron chi connectivity index (χ1n) is 6.78. The quantitative estimate of drug-likeness (QED) is 0.888. The van der Waals surface area contributed by atoms with Gasteiger partial charge in [-0.3, -0.25) is 4.79 Å². The summed E-state index contributed by atoms with van der Waals surface area (Å²) in [7, 11) is 0. The monoisotopic (exact) mass is 307 g/mol. The molecule has 0 bridgehead atoms. The summed E-state index contributed by atoms with van der Waals surface area (Å²) in [6.45, 7) is 4.02. The van der Waals surface area contributed by atoms with Crippen molar-refractivity contribution in [2.75, 3.05) is 6.54 Å². The van der Waals surface area contributed by atoms with Crippen LogP contribution in [0.25, 0.3) is 0 Å². The van der Waals surface area contributed by atoms with Gasteiger partial charge in [0.1, 0.15) is 5.82 Å². The molecule has 0 saturated carbocycles. The highest BCUT2D eigenvalue weighted by Gasteiger charge is 2.18. The number of aliphatic hydroxyl groups excluding tert-OH is 1. The van der Waals surface area contributed by atoms with Crippen molar-refractivity contribution >= 4 is 17.2 Å². The van der Waals surface area contributed by atoms with Gasteiger partial charge in [-0.25, -0.2) is 4.39 Å². The second-order valence-corrected chi connectivity index (χ2v) is 6.02. The summed E-state index contributed by atoms with van der Waals surface area (Å²) in [6.07, 6.45) is -1.06. The van der Waals surface area contributed by atoms with E-state index in [0.717, 1.165) is 5.56 Å². The van der Waals surface area contributed by atoms with Gasteiger partial charge in [-0.2, -0.15) is 0 Å². The SMILES string of the molecule is CC(C)c1ccsc1C(=O)NCC(O)c1ccccc1F. The minimum absolute atomic E-state index is 0.0186. The summed E-state index contributed by atoms with van der Waals surface area (Å²) in [5.74, 6) is -0.448. The smallest absolute Gasteiger partial charge is 0.261 e. The Labute approximate surface area is 127 Å². The zero-order chi connectivity index (χ0) is 15.4. The molecule has 0 radical (unpaired) electrons. The number of aliphatic hydroxyl groups is 1. The molecule has 0 saturated heterocycles. The molecule has 1 aromatic carbocycles. The van der Waals surface area contributed by atoms with Crippen LogP contribution in [0, 0.1) is 5.82 Å². The number of carbonyl (C=O) groups excluding carboxylic acids is 1. The zero-order valence-corrected chi connectivity index (χ0v) is 12.8. The Bertz CT molecular complexity index is 624. The number of hydrogen-bond donors (Lipinski definition) is 2. The summed E-state index contributed by atoms with van der Waals surface area (Å²) < 4.78 is 13.5. The molecule has 5 heteroatoms. The number of carbonyl (C=O) groups is 1. The standard InChI is InChI=1S/C16H18FNO2S/c1-10(2)11-7-8-21-15(11)16(20)18-9-14(19)12-5-3-4-6-13(12)17/h3-8,10,14,19H,9H2,1-2H3,(H,18,20). The Kier molecular flexibility index (Phi) is 5.09. The van der Waals surface area contributed by atoms with Gasteiger partial charge >= 0.3 is 0 Å². The Morgan fingerprint density at radius 1 is 1.29 bits per heavy atom. The van der Waals surface area contributed by atoms with E-state index in [-0.39, 0.29) is 23.9 Å². The third-order valence-corrected chi connectivity index (χ3v) is 4.17. The molecule has 0 aliphatic rings. The molecule has 0 aliphatic carbocycles. The van der Waals surface area contributed by atoms with Gasteiger partial charge in [-0.15, -0.1) is 11.3 Å². The lowest BCUT2D eigenvalue weighted by molar-refractivity contribution is 0.0917. The number of nitrogens with one attached hydrogen (secondary N) is 1. The fourth-order valence-corrected chi connectivity index (χ4v) is 3.05. The molecule has 0 spiro atoms. The number of benzene rings is 1. The van der Waals surface area contributed by atoms with Crippen molar-refractivity contribution < 1.29 is 14.3 Å². The Hall–Kier alpha value is -1.72. The van der Waals surface area contributed by atoms with Gasteiger partial charge in [0.15, 0.2) is 0 Å². The Morgan fingerprint density at radius 2 is 2.00 bits per heavy atom. The van der Waals surface area contributed by atoms with Gasteiger partial charge < -0.3 is 10.4 Å². The van der Waals surface area contributed by atoms with Crippen molar-refractivity contribution in [3.8, 4) is 0 Å². The van der Waals surface area contributed by atoms with Crippen LogP contribution >= 0.6 is 11.3 Å². The number of amides is 1. The molecule has 1 amide bonds. The highest BCUT2D eigenvalue weighted by Crippen LogP contribution is 2.24. The lowest BCUT2D eigenvalue weighted by Gasteiger charge is -2.13. The maximum atomic E-state index is 13.5. The average molecular weight is 307 g/mol. The molecule has 2 aromatic rings. The summed E-state index contributed by atoms with van der Waals surface area (Å²) in [4.78, 5) is 12.8. The molecular formula is C16H18FNO2S. The van der Waals surface area contributed by atoms with Gasteiger partial charge in [0.2, 0.25) is 0 Å². The number of rotatable bonds is 5. The second kappa shape index (κ2) is 6.83. The highest BCUT2D eigenvalue weighted by molar-refractivity contribution is 7.12. The van der Waals surface area contributed by atoms with E-state index in [4.69, 9.17) is 0 Å². The van der Waals surface area contributed by atoms with E-state index in [1.54, 1.807) is 12.1 Å². The first kappa shape index (κ1) is 15.7. The molecule has 0 fully saturated rings. The fourth-order valence-electron chi connectivity index (χ4n) is 2.08. The molecule has 1 heterocycles. The number of halogens is 1. The van der Waals surface area contributed by atoms with Crippen molar-refractivity contribution in [1.82, 2.24) is 5.32 Å². The second-order valence-electron chi connectivity index (χ2n) is 5.11. The predicted molar refractivity (Wildman–Crippen MR) is 82.1 cm³/mol. The van der Waals surface area contributed by atoms with Gasteiger partial charge in [0, 0.05) is 12.1 Å². The summed E-state index contributed by atoms with van der Waals surface area (Å²) in [5.41, 5.74) is 1.17. The van der Waals surface area contributed by atoms with Crippen LogP contribution in [0.5, 0.6) is 0 Å². The van der Waals surface area contributed by atoms with Crippen LogP contribution in [-0.4, -0.2) is 17.6 Å². The predicted octanol–water partition coefficient (Wildman–Crippen LogP) is 3.47. The van der Waals surface area contributed by atoms with E-state index in [0.29, 0.717) is 4.88 Å². The summed E-state index contributed by atoms with van der Waals surface area (Å²) >= 11 is 1.37. The molecule has 1 aromatic heterocycles. The minimum atomic E-state index is -1.06. The van der Waals surface area contributed by atoms with Crippen LogP contribution in [0.1, 0.15) is 46.7 Å². The maximum absolute atomic E-state index is 13.5. The van der Waals surface area contributed by atoms with E-state index in [2.05, 4.69) is 5.32 Å². The normalized spacial score (nSPS) is 12.4. The average Bonchev–Trinajstić information content (AvgIpc) is 2.94. The largest absolute Gasteiger partial charge is 0.386 e. The van der Waals surface area contributed by atoms with Crippen molar-refractivity contribution in [1.29, 1.82) is 0 Å². The molecule has 1 unspecified atom stereocenters. The van der Waals surface area contributed by atoms with Crippen LogP contribution < -0.4 is 5.32 Å². The highest BCUT2D eigenvalue weighted by atomic mass is 32.1. The number of hydrogen-bond acceptors (Lipinski definition) is 3. The van der Waals surface area contributed by atoms with Crippen LogP contribution in [0.3, 0.4) is 0 Å². The van der Waals surface area contributed by atoms with Crippen molar-refractivity contribution in [2.45, 2.75) is 25.9 Å². The summed E-state index contributed by atoms with van der Waals surface area (Å²) in [5, 5.41) is 14.5. The minimum Gasteiger partial charge on any atom is -0.386 e. The molecule has 2 N–H and O–H groups in total. The molecule has 3 nitrogen and oxygen atoms in total. The Balaban J connectivity index is 2.01. The maximum Gasteiger partial charge on any atom is 0.261 e. The third kappa shape index (κ3) is 3.68. The van der Waals surface area contributed by atoms with E-state index in [1.165, 1.54) is 23.5 Å². The van der Waals surface area contributed by atoms with Gasteiger partial charge in [0.05, 0.1) is 11.0 Å². The van der Waals surface area contributed by atoms with E-state index < -0.39 is 11.9 Å². The summed E-state index contributed by atoms with van der Waals surface area (Å²) in [6, 6.07) is 7.94. The lowest BCUT2D eigenvalue weighted by Crippen LogP contribution is -2.28. The van der Waals surface area contributed by atoms with Crippen LogP contribution in [0.4, 0.5) is 4.39 Å². The molecule has 1 atom stereocenters. The Morgan fingerprint density at radius 3 is 2.67 bits per heavy atom. The number of thiophene rings is 1. The third-order valence-electron chi connectivity index (χ3n) is 3.24. The molecular weight excluding hydrogens is 289 g/mol. The van der Waals surface area contributed by atoms with E-state index in [9.17, 15) is 14.3 Å². The van der Waals surface area contributed by atoms with Crippen LogP contribution in [-0.2, 0) is 0 Å². The van der Waals surface area contributed by atoms with Crippen molar-refractivity contribution in [2.24, 2.45) is 0 Å². The topological polar surface area (TPSA) is 49.3 Å². The van der Waals surface area contributed by atoms with E-state index >= 15 is 0 Å². The molecule has 112 valence electrons. The van der Waals surface area contributed by atoms with Crippen LogP contribution in [0.15, 0.2) is 35.7 Å². The first-order chi connectivity index (χ1) is 10.0.